The molecule has 0 radical (unpaired) electrons. The summed E-state index contributed by atoms with van der Waals surface area (Å²) in [7, 11) is 0. The van der Waals surface area contributed by atoms with Crippen LogP contribution in [0.3, 0.4) is 0 Å². The predicted molar refractivity (Wildman–Crippen MR) is 100 cm³/mol. The lowest BCUT2D eigenvalue weighted by Gasteiger charge is -2.35. The van der Waals surface area contributed by atoms with Gasteiger partial charge in [-0.3, -0.25) is 9.69 Å². The molecule has 1 aromatic carbocycles. The lowest BCUT2D eigenvalue weighted by Crippen LogP contribution is -2.49. The third kappa shape index (κ3) is 4.53. The molecule has 1 N–H and O–H groups in total. The lowest BCUT2D eigenvalue weighted by molar-refractivity contribution is 0.0137. The number of carbonyl (C=O) groups excluding carboxylic acids is 1. The minimum absolute atomic E-state index is 0.195. The highest BCUT2D eigenvalue weighted by Crippen LogP contribution is 2.16. The number of rotatable bonds is 2. The summed E-state index contributed by atoms with van der Waals surface area (Å²) < 4.78 is 5.40. The number of hydrogen-bond donors (Lipinski definition) is 1. The first-order valence-corrected chi connectivity index (χ1v) is 8.98. The summed E-state index contributed by atoms with van der Waals surface area (Å²) >= 11 is 5.93. The highest BCUT2D eigenvalue weighted by atomic mass is 35.5. The van der Waals surface area contributed by atoms with Gasteiger partial charge >= 0.3 is 6.09 Å². The van der Waals surface area contributed by atoms with E-state index >= 15 is 0 Å². The van der Waals surface area contributed by atoms with Gasteiger partial charge in [-0.15, -0.1) is 0 Å². The molecule has 1 aromatic heterocycles. The largest absolute Gasteiger partial charge is 0.444 e. The van der Waals surface area contributed by atoms with Crippen LogP contribution in [-0.2, 0) is 11.3 Å². The zero-order chi connectivity index (χ0) is 18.9. The summed E-state index contributed by atoms with van der Waals surface area (Å²) in [6.07, 6.45) is -0.286. The summed E-state index contributed by atoms with van der Waals surface area (Å²) in [5, 5.41) is 0.992. The van der Waals surface area contributed by atoms with Crippen molar-refractivity contribution >= 4 is 28.6 Å². The first-order chi connectivity index (χ1) is 12.2. The molecule has 8 heteroatoms. The van der Waals surface area contributed by atoms with E-state index in [0.717, 1.165) is 0 Å². The Kier molecular flexibility index (Phi) is 5.20. The fraction of sp³-hybridized carbons (Fsp3) is 0.500. The molecule has 26 heavy (non-hydrogen) atoms. The standard InChI is InChI=1S/C18H23ClN4O3/c1-18(2,3)26-17(25)23-8-6-22(7-9-23)11-15-20-14-5-4-12(19)10-13(14)16(24)21-15/h4-5,10H,6-9,11H2,1-3H3,(H,20,21,24). The average Bonchev–Trinajstić information content (AvgIpc) is 2.55. The zero-order valence-corrected chi connectivity index (χ0v) is 16.0. The molecule has 1 aliphatic rings. The number of hydrogen-bond acceptors (Lipinski definition) is 5. The molecule has 7 nitrogen and oxygen atoms in total. The van der Waals surface area contributed by atoms with Gasteiger partial charge in [-0.25, -0.2) is 9.78 Å². The summed E-state index contributed by atoms with van der Waals surface area (Å²) in [6, 6.07) is 5.09. The van der Waals surface area contributed by atoms with Gasteiger partial charge in [0.1, 0.15) is 11.4 Å². The second-order valence-corrected chi connectivity index (χ2v) is 7.85. The highest BCUT2D eigenvalue weighted by Gasteiger charge is 2.26. The number of aromatic nitrogens is 2. The van der Waals surface area contributed by atoms with E-state index in [1.807, 2.05) is 20.8 Å². The Morgan fingerprint density at radius 2 is 1.96 bits per heavy atom. The number of piperazine rings is 1. The van der Waals surface area contributed by atoms with E-state index in [1.165, 1.54) is 0 Å². The highest BCUT2D eigenvalue weighted by molar-refractivity contribution is 6.31. The first kappa shape index (κ1) is 18.7. The Hall–Kier alpha value is -2.12. The fourth-order valence-electron chi connectivity index (χ4n) is 2.86. The van der Waals surface area contributed by atoms with Crippen molar-refractivity contribution in [3.8, 4) is 0 Å². The van der Waals surface area contributed by atoms with Crippen molar-refractivity contribution < 1.29 is 9.53 Å². The van der Waals surface area contributed by atoms with Crippen molar-refractivity contribution in [2.45, 2.75) is 32.9 Å². The number of aromatic amines is 1. The number of carbonyl (C=O) groups is 1. The van der Waals surface area contributed by atoms with Gasteiger partial charge in [-0.05, 0) is 39.0 Å². The molecule has 140 valence electrons. The number of fused-ring (bicyclic) bond motifs is 1. The van der Waals surface area contributed by atoms with E-state index in [0.29, 0.717) is 54.5 Å². The fourth-order valence-corrected chi connectivity index (χ4v) is 3.03. The third-order valence-corrected chi connectivity index (χ3v) is 4.35. The normalized spacial score (nSPS) is 16.1. The molecule has 2 heterocycles. The molecule has 1 fully saturated rings. The van der Waals surface area contributed by atoms with E-state index < -0.39 is 5.60 Å². The predicted octanol–water partition coefficient (Wildman–Crippen LogP) is 2.63. The van der Waals surface area contributed by atoms with Crippen molar-refractivity contribution in [1.29, 1.82) is 0 Å². The van der Waals surface area contributed by atoms with Crippen molar-refractivity contribution in [2.24, 2.45) is 0 Å². The molecular weight excluding hydrogens is 356 g/mol. The molecule has 0 spiro atoms. The van der Waals surface area contributed by atoms with Gasteiger partial charge in [-0.2, -0.15) is 0 Å². The molecule has 0 aliphatic carbocycles. The summed E-state index contributed by atoms with van der Waals surface area (Å²) in [5.41, 5.74) is -0.0635. The number of nitrogens with one attached hydrogen (secondary N) is 1. The summed E-state index contributed by atoms with van der Waals surface area (Å²) in [4.78, 5) is 35.5. The first-order valence-electron chi connectivity index (χ1n) is 8.60. The zero-order valence-electron chi connectivity index (χ0n) is 15.2. The Morgan fingerprint density at radius 1 is 1.27 bits per heavy atom. The van der Waals surface area contributed by atoms with E-state index in [-0.39, 0.29) is 11.7 Å². The molecular formula is C18H23ClN4O3. The molecule has 1 amide bonds. The van der Waals surface area contributed by atoms with E-state index in [4.69, 9.17) is 16.3 Å². The van der Waals surface area contributed by atoms with Crippen LogP contribution >= 0.6 is 11.6 Å². The number of halogens is 1. The molecule has 0 saturated carbocycles. The second kappa shape index (κ2) is 7.25. The van der Waals surface area contributed by atoms with E-state index in [1.54, 1.807) is 23.1 Å². The van der Waals surface area contributed by atoms with Crippen LogP contribution in [-0.4, -0.2) is 57.6 Å². The minimum Gasteiger partial charge on any atom is -0.444 e. The molecule has 2 aromatic rings. The summed E-state index contributed by atoms with van der Waals surface area (Å²) in [6.45, 7) is 8.66. The Bertz CT molecular complexity index is 867. The van der Waals surface area contributed by atoms with Crippen LogP contribution in [0.1, 0.15) is 26.6 Å². The van der Waals surface area contributed by atoms with Crippen LogP contribution in [0, 0.1) is 0 Å². The van der Waals surface area contributed by atoms with Crippen LogP contribution in [0.25, 0.3) is 10.9 Å². The van der Waals surface area contributed by atoms with E-state index in [2.05, 4.69) is 14.9 Å². The third-order valence-electron chi connectivity index (χ3n) is 4.11. The van der Waals surface area contributed by atoms with Gasteiger partial charge in [-0.1, -0.05) is 11.6 Å². The quantitative estimate of drug-likeness (QED) is 0.869. The van der Waals surface area contributed by atoms with Crippen molar-refractivity contribution in [1.82, 2.24) is 19.8 Å². The molecule has 3 rings (SSSR count). The number of H-pyrrole nitrogens is 1. The van der Waals surface area contributed by atoms with Gasteiger partial charge in [0.15, 0.2) is 0 Å². The Balaban J connectivity index is 1.63. The molecule has 1 aliphatic heterocycles. The minimum atomic E-state index is -0.494. The van der Waals surface area contributed by atoms with Crippen LogP contribution in [0.4, 0.5) is 4.79 Å². The molecule has 0 unspecified atom stereocenters. The Labute approximate surface area is 156 Å². The smallest absolute Gasteiger partial charge is 0.410 e. The maximum absolute atomic E-state index is 12.2. The Morgan fingerprint density at radius 3 is 2.62 bits per heavy atom. The molecule has 1 saturated heterocycles. The second-order valence-electron chi connectivity index (χ2n) is 7.42. The van der Waals surface area contributed by atoms with Gasteiger partial charge in [0, 0.05) is 31.2 Å². The maximum Gasteiger partial charge on any atom is 0.410 e. The maximum atomic E-state index is 12.2. The number of nitrogens with zero attached hydrogens (tertiary/aromatic N) is 3. The topological polar surface area (TPSA) is 78.5 Å². The van der Waals surface area contributed by atoms with Crippen LogP contribution in [0.2, 0.25) is 5.02 Å². The number of benzene rings is 1. The average molecular weight is 379 g/mol. The SMILES string of the molecule is CC(C)(C)OC(=O)N1CCN(Cc2nc3ccc(Cl)cc3c(=O)[nH]2)CC1. The summed E-state index contributed by atoms with van der Waals surface area (Å²) in [5.74, 6) is 0.607. The van der Waals surface area contributed by atoms with Gasteiger partial charge < -0.3 is 14.6 Å². The molecule has 0 bridgehead atoms. The monoisotopic (exact) mass is 378 g/mol. The van der Waals surface area contributed by atoms with Gasteiger partial charge in [0.25, 0.3) is 5.56 Å². The van der Waals surface area contributed by atoms with E-state index in [9.17, 15) is 9.59 Å². The van der Waals surface area contributed by atoms with Crippen molar-refractivity contribution in [3.05, 3.63) is 39.4 Å². The van der Waals surface area contributed by atoms with Crippen molar-refractivity contribution in [2.75, 3.05) is 26.2 Å². The number of amides is 1. The van der Waals surface area contributed by atoms with Gasteiger partial charge in [0.05, 0.1) is 17.4 Å². The van der Waals surface area contributed by atoms with Crippen molar-refractivity contribution in [3.63, 3.8) is 0 Å². The lowest BCUT2D eigenvalue weighted by atomic mass is 10.2. The molecule has 0 atom stereocenters. The van der Waals surface area contributed by atoms with Crippen LogP contribution < -0.4 is 5.56 Å². The van der Waals surface area contributed by atoms with Crippen LogP contribution in [0.15, 0.2) is 23.0 Å². The van der Waals surface area contributed by atoms with Gasteiger partial charge in [0.2, 0.25) is 0 Å². The number of ether oxygens (including phenoxy) is 1. The van der Waals surface area contributed by atoms with Crippen LogP contribution in [0.5, 0.6) is 0 Å².